The Kier molecular flexibility index (Phi) is 5.94. The van der Waals surface area contributed by atoms with Crippen LogP contribution in [0.2, 0.25) is 0 Å². The van der Waals surface area contributed by atoms with Crippen molar-refractivity contribution in [2.75, 3.05) is 0 Å². The Morgan fingerprint density at radius 3 is 2.75 bits per heavy atom. The van der Waals surface area contributed by atoms with Gasteiger partial charge in [0.1, 0.15) is 12.4 Å². The van der Waals surface area contributed by atoms with Crippen LogP contribution >= 0.6 is 0 Å². The van der Waals surface area contributed by atoms with Gasteiger partial charge in [-0.05, 0) is 17.7 Å². The molecule has 0 aromatic heterocycles. The molecule has 2 rings (SSSR count). The first-order chi connectivity index (χ1) is 11.4. The topological polar surface area (TPSA) is 119 Å². The molecule has 0 aliphatic carbocycles. The van der Waals surface area contributed by atoms with Crippen LogP contribution in [0.25, 0.3) is 0 Å². The van der Waals surface area contributed by atoms with Crippen LogP contribution in [0.15, 0.2) is 18.2 Å². The molecular formula is C15H17BO8. The van der Waals surface area contributed by atoms with E-state index < -0.39 is 30.3 Å². The zero-order valence-electron chi connectivity index (χ0n) is 13.0. The highest BCUT2D eigenvalue weighted by atomic mass is 16.7. The Morgan fingerprint density at radius 1 is 1.38 bits per heavy atom. The smallest absolute Gasteiger partial charge is 0.333 e. The number of aldehydes is 1. The SMILES string of the molecule is BC(=O)OCc1ccc(OC2CC(O)CC(C(=O)O)O2)c(C=O)c1. The van der Waals surface area contributed by atoms with Crippen molar-refractivity contribution in [2.24, 2.45) is 0 Å². The van der Waals surface area contributed by atoms with Crippen LogP contribution in [0.1, 0.15) is 28.8 Å². The number of aliphatic hydroxyl groups is 1. The summed E-state index contributed by atoms with van der Waals surface area (Å²) in [5, 5.41) is 18.7. The van der Waals surface area contributed by atoms with E-state index in [-0.39, 0.29) is 30.8 Å². The van der Waals surface area contributed by atoms with Gasteiger partial charge in [-0.3, -0.25) is 9.59 Å². The van der Waals surface area contributed by atoms with Crippen LogP contribution in [-0.4, -0.2) is 54.7 Å². The maximum atomic E-state index is 11.2. The van der Waals surface area contributed by atoms with Crippen LogP contribution in [-0.2, 0) is 20.9 Å². The van der Waals surface area contributed by atoms with Crippen LogP contribution in [0.5, 0.6) is 5.75 Å². The number of benzene rings is 1. The van der Waals surface area contributed by atoms with Crippen molar-refractivity contribution in [1.82, 2.24) is 0 Å². The van der Waals surface area contributed by atoms with E-state index in [2.05, 4.69) is 0 Å². The average molecular weight is 336 g/mol. The van der Waals surface area contributed by atoms with Crippen molar-refractivity contribution in [1.29, 1.82) is 0 Å². The Morgan fingerprint density at radius 2 is 2.12 bits per heavy atom. The molecule has 128 valence electrons. The second-order valence-corrected chi connectivity index (χ2v) is 5.41. The highest BCUT2D eigenvalue weighted by Gasteiger charge is 2.34. The van der Waals surface area contributed by atoms with E-state index in [1.807, 2.05) is 0 Å². The second kappa shape index (κ2) is 7.94. The minimum absolute atomic E-state index is 0.0168. The highest BCUT2D eigenvalue weighted by Crippen LogP contribution is 2.26. The summed E-state index contributed by atoms with van der Waals surface area (Å²) in [7, 11) is 1.28. The Bertz CT molecular complexity index is 632. The molecule has 0 radical (unpaired) electrons. The van der Waals surface area contributed by atoms with Gasteiger partial charge in [0.15, 0.2) is 12.4 Å². The molecule has 1 aliphatic heterocycles. The van der Waals surface area contributed by atoms with Gasteiger partial charge in [0.2, 0.25) is 20.0 Å². The van der Waals surface area contributed by atoms with Crippen LogP contribution < -0.4 is 4.74 Å². The monoisotopic (exact) mass is 336 g/mol. The summed E-state index contributed by atoms with van der Waals surface area (Å²) in [5.41, 5.74) is 0.808. The molecule has 2 N–H and O–H groups in total. The lowest BCUT2D eigenvalue weighted by molar-refractivity contribution is -0.195. The largest absolute Gasteiger partial charge is 0.479 e. The number of aliphatic carboxylic acids is 1. The maximum absolute atomic E-state index is 11.2. The molecule has 0 amide bonds. The number of carbonyl (C=O) groups excluding carboxylic acids is 2. The molecule has 1 aromatic carbocycles. The fraction of sp³-hybridized carbons (Fsp3) is 0.400. The number of carboxylic acids is 1. The summed E-state index contributed by atoms with van der Waals surface area (Å²) in [5.74, 6) is -1.43. The van der Waals surface area contributed by atoms with Crippen molar-refractivity contribution in [3.05, 3.63) is 29.3 Å². The van der Waals surface area contributed by atoms with Gasteiger partial charge < -0.3 is 24.4 Å². The minimum Gasteiger partial charge on any atom is -0.479 e. The lowest BCUT2D eigenvalue weighted by Gasteiger charge is -2.31. The van der Waals surface area contributed by atoms with E-state index in [4.69, 9.17) is 19.3 Å². The molecule has 1 fully saturated rings. The molecule has 0 saturated carbocycles. The summed E-state index contributed by atoms with van der Waals surface area (Å²) in [4.78, 5) is 33.0. The fourth-order valence-corrected chi connectivity index (χ4v) is 2.31. The number of aliphatic hydroxyl groups excluding tert-OH is 1. The molecule has 3 atom stereocenters. The standard InChI is InChI=1S/C15H17BO8/c16-15(21)22-7-8-1-2-11(9(3-8)6-17)23-13-5-10(18)4-12(24-13)14(19)20/h1-3,6,10,12-13,18H,4-5,7,16H2,(H,19,20). The number of hydrogen-bond acceptors (Lipinski definition) is 7. The lowest BCUT2D eigenvalue weighted by Crippen LogP contribution is -2.42. The fourth-order valence-electron chi connectivity index (χ4n) is 2.31. The van der Waals surface area contributed by atoms with E-state index in [9.17, 15) is 19.5 Å². The zero-order valence-corrected chi connectivity index (χ0v) is 13.0. The van der Waals surface area contributed by atoms with E-state index in [0.717, 1.165) is 0 Å². The van der Waals surface area contributed by atoms with Crippen molar-refractivity contribution in [3.63, 3.8) is 0 Å². The third-order valence-electron chi connectivity index (χ3n) is 3.44. The highest BCUT2D eigenvalue weighted by molar-refractivity contribution is 6.55. The molecule has 1 heterocycles. The van der Waals surface area contributed by atoms with Gasteiger partial charge in [-0.15, -0.1) is 0 Å². The number of ether oxygens (including phenoxy) is 3. The van der Waals surface area contributed by atoms with Crippen molar-refractivity contribution in [3.8, 4) is 5.75 Å². The molecule has 0 spiro atoms. The number of carbonyl (C=O) groups is 3. The summed E-state index contributed by atoms with van der Waals surface area (Å²) in [6, 6.07) is 4.61. The molecule has 1 aromatic rings. The molecule has 8 nitrogen and oxygen atoms in total. The van der Waals surface area contributed by atoms with Crippen molar-refractivity contribution < 1.29 is 38.8 Å². The lowest BCUT2D eigenvalue weighted by atomic mass is 10.1. The van der Waals surface area contributed by atoms with Gasteiger partial charge in [-0.2, -0.15) is 0 Å². The van der Waals surface area contributed by atoms with Crippen LogP contribution in [0, 0.1) is 0 Å². The molecular weight excluding hydrogens is 319 g/mol. The summed E-state index contributed by atoms with van der Waals surface area (Å²) in [6.45, 7) is 0.0240. The third-order valence-corrected chi connectivity index (χ3v) is 3.44. The Balaban J connectivity index is 2.09. The average Bonchev–Trinajstić information content (AvgIpc) is 2.53. The van der Waals surface area contributed by atoms with Crippen LogP contribution in [0.3, 0.4) is 0 Å². The third kappa shape index (κ3) is 4.80. The van der Waals surface area contributed by atoms with Gasteiger partial charge in [-0.25, -0.2) is 4.79 Å². The van der Waals surface area contributed by atoms with Gasteiger partial charge >= 0.3 is 5.97 Å². The van der Waals surface area contributed by atoms with Crippen LogP contribution in [0.4, 0.5) is 4.79 Å². The number of carboxylic acid groups (broad SMARTS) is 1. The molecule has 24 heavy (non-hydrogen) atoms. The normalized spacial score (nSPS) is 23.3. The first-order valence-electron chi connectivity index (χ1n) is 7.33. The Hall–Kier alpha value is -2.39. The predicted octanol–water partition coefficient (Wildman–Crippen LogP) is 0.0982. The summed E-state index contributed by atoms with van der Waals surface area (Å²) in [6.07, 6.45) is -2.36. The molecule has 3 unspecified atom stereocenters. The van der Waals surface area contributed by atoms with E-state index >= 15 is 0 Å². The summed E-state index contributed by atoms with van der Waals surface area (Å²) >= 11 is 0. The van der Waals surface area contributed by atoms with Gasteiger partial charge in [0.25, 0.3) is 0 Å². The quantitative estimate of drug-likeness (QED) is 0.554. The van der Waals surface area contributed by atoms with Gasteiger partial charge in [-0.1, -0.05) is 6.07 Å². The predicted molar refractivity (Wildman–Crippen MR) is 82.7 cm³/mol. The molecule has 9 heteroatoms. The van der Waals surface area contributed by atoms with E-state index in [1.165, 1.54) is 20.0 Å². The van der Waals surface area contributed by atoms with Crippen molar-refractivity contribution >= 4 is 26.0 Å². The Labute approximate surface area is 138 Å². The molecule has 1 saturated heterocycles. The first-order valence-corrected chi connectivity index (χ1v) is 7.33. The van der Waals surface area contributed by atoms with Gasteiger partial charge in [0.05, 0.1) is 11.7 Å². The van der Waals surface area contributed by atoms with Gasteiger partial charge in [0, 0.05) is 12.8 Å². The maximum Gasteiger partial charge on any atom is 0.333 e. The van der Waals surface area contributed by atoms with E-state index in [1.54, 1.807) is 6.07 Å². The number of hydrogen-bond donors (Lipinski definition) is 2. The molecule has 1 aliphatic rings. The summed E-state index contributed by atoms with van der Waals surface area (Å²) < 4.78 is 15.6. The minimum atomic E-state index is -1.19. The van der Waals surface area contributed by atoms with E-state index in [0.29, 0.717) is 11.8 Å². The second-order valence-electron chi connectivity index (χ2n) is 5.41. The van der Waals surface area contributed by atoms with Crippen molar-refractivity contribution in [2.45, 2.75) is 37.9 Å². The number of rotatable bonds is 6. The molecule has 0 bridgehead atoms. The first kappa shape index (κ1) is 18.0. The zero-order chi connectivity index (χ0) is 17.7.